The van der Waals surface area contributed by atoms with E-state index >= 15 is 0 Å². The molecule has 0 aliphatic carbocycles. The minimum Gasteiger partial charge on any atom is -0.756 e. The molecule has 0 aliphatic rings. The minimum absolute atomic E-state index is 0.00783. The number of nitrogens with one attached hydrogen (secondary N) is 1. The third-order valence-electron chi connectivity index (χ3n) is 11.0. The van der Waals surface area contributed by atoms with Crippen molar-refractivity contribution in [3.63, 3.8) is 0 Å². The lowest BCUT2D eigenvalue weighted by Crippen LogP contribution is -2.45. The Morgan fingerprint density at radius 2 is 0.983 bits per heavy atom. The zero-order valence-electron chi connectivity index (χ0n) is 39.9. The SMILES string of the molecule is CCCCCCC/C=C/CC/C=C/C(O)C(COP(=O)([O-])OCC[N+](C)(C)C)NC(=O)CCCCCCCCCCCCC/C=C\C/C=C\CCCCCCCCCCC. The molecule has 0 bridgehead atoms. The molecule has 0 rings (SSSR count). The highest BCUT2D eigenvalue weighted by Crippen LogP contribution is 2.38. The molecule has 1 amide bonds. The van der Waals surface area contributed by atoms with E-state index in [-0.39, 0.29) is 12.5 Å². The van der Waals surface area contributed by atoms with E-state index in [0.717, 1.165) is 44.9 Å². The third-order valence-corrected chi connectivity index (χ3v) is 12.0. The third kappa shape index (κ3) is 44.5. The van der Waals surface area contributed by atoms with Gasteiger partial charge in [-0.25, -0.2) is 0 Å². The standard InChI is InChI=1S/C51H97N2O6P/c1-6-8-10-12-14-16-18-19-20-21-22-23-24-25-26-27-28-29-30-31-32-33-35-37-39-41-43-45-51(55)52-49(48-59-60(56,57)58-47-46-53(3,4)5)50(54)44-42-40-38-36-34-17-15-13-11-9-7-2/h22-23,25-26,34,36,42,44,49-50,54H,6-21,24,27-33,35,37-41,43,45-48H2,1-5H3,(H-,52,55,56,57)/b23-22-,26-25-,36-34+,44-42+. The number of carbonyl (C=O) groups is 1. The normalized spacial score (nSPS) is 14.6. The highest BCUT2D eigenvalue weighted by molar-refractivity contribution is 7.45. The molecule has 60 heavy (non-hydrogen) atoms. The molecule has 0 radical (unpaired) electrons. The van der Waals surface area contributed by atoms with Crippen molar-refractivity contribution in [1.29, 1.82) is 0 Å². The molecule has 3 unspecified atom stereocenters. The first-order valence-corrected chi connectivity index (χ1v) is 26.5. The summed E-state index contributed by atoms with van der Waals surface area (Å²) < 4.78 is 23.2. The van der Waals surface area contributed by atoms with Crippen LogP contribution in [0.1, 0.15) is 219 Å². The van der Waals surface area contributed by atoms with Crippen molar-refractivity contribution in [1.82, 2.24) is 5.32 Å². The Kier molecular flexibility index (Phi) is 41.6. The van der Waals surface area contributed by atoms with Crippen LogP contribution in [0.3, 0.4) is 0 Å². The van der Waals surface area contributed by atoms with Crippen molar-refractivity contribution in [2.45, 2.75) is 231 Å². The van der Waals surface area contributed by atoms with Gasteiger partial charge in [0.1, 0.15) is 13.2 Å². The second-order valence-corrected chi connectivity index (χ2v) is 19.6. The van der Waals surface area contributed by atoms with Crippen molar-refractivity contribution in [3.8, 4) is 0 Å². The number of likely N-dealkylation sites (N-methyl/N-ethyl adjacent to an activating group) is 1. The highest BCUT2D eigenvalue weighted by Gasteiger charge is 2.23. The average molecular weight is 865 g/mol. The van der Waals surface area contributed by atoms with Gasteiger partial charge in [0.15, 0.2) is 0 Å². The predicted molar refractivity (Wildman–Crippen MR) is 256 cm³/mol. The first-order valence-electron chi connectivity index (χ1n) is 25.0. The first-order chi connectivity index (χ1) is 29.0. The predicted octanol–water partition coefficient (Wildman–Crippen LogP) is 13.8. The average Bonchev–Trinajstić information content (AvgIpc) is 3.20. The maximum atomic E-state index is 12.9. The largest absolute Gasteiger partial charge is 0.756 e. The lowest BCUT2D eigenvalue weighted by atomic mass is 10.0. The Morgan fingerprint density at radius 1 is 0.583 bits per heavy atom. The van der Waals surface area contributed by atoms with Gasteiger partial charge in [0.25, 0.3) is 7.82 Å². The van der Waals surface area contributed by atoms with Gasteiger partial charge in [-0.1, -0.05) is 197 Å². The van der Waals surface area contributed by atoms with Crippen molar-refractivity contribution in [2.24, 2.45) is 0 Å². The fourth-order valence-corrected chi connectivity index (χ4v) is 7.74. The smallest absolute Gasteiger partial charge is 0.268 e. The van der Waals surface area contributed by atoms with Crippen LogP contribution in [0.15, 0.2) is 48.6 Å². The molecule has 0 fully saturated rings. The van der Waals surface area contributed by atoms with E-state index < -0.39 is 26.6 Å². The molecule has 0 aromatic heterocycles. The van der Waals surface area contributed by atoms with Gasteiger partial charge in [0, 0.05) is 6.42 Å². The number of hydrogen-bond acceptors (Lipinski definition) is 6. The monoisotopic (exact) mass is 865 g/mol. The quantitative estimate of drug-likeness (QED) is 0.0273. The Labute approximate surface area is 371 Å². The maximum absolute atomic E-state index is 12.9. The second-order valence-electron chi connectivity index (χ2n) is 18.2. The molecule has 0 spiro atoms. The summed E-state index contributed by atoms with van der Waals surface area (Å²) in [5.41, 5.74) is 0. The van der Waals surface area contributed by atoms with Crippen LogP contribution < -0.4 is 10.2 Å². The summed E-state index contributed by atoms with van der Waals surface area (Å²) in [6.45, 7) is 4.60. The van der Waals surface area contributed by atoms with Gasteiger partial charge >= 0.3 is 0 Å². The summed E-state index contributed by atoms with van der Waals surface area (Å²) in [5, 5.41) is 13.7. The number of quaternary nitrogens is 1. The lowest BCUT2D eigenvalue weighted by molar-refractivity contribution is -0.870. The summed E-state index contributed by atoms with van der Waals surface area (Å²) >= 11 is 0. The number of unbranched alkanes of at least 4 members (excludes halogenated alkanes) is 26. The molecule has 3 atom stereocenters. The van der Waals surface area contributed by atoms with E-state index in [2.05, 4.69) is 55.6 Å². The molecular weight excluding hydrogens is 768 g/mol. The molecule has 0 aromatic carbocycles. The van der Waals surface area contributed by atoms with Gasteiger partial charge in [-0.05, 0) is 64.2 Å². The summed E-state index contributed by atoms with van der Waals surface area (Å²) in [7, 11) is 1.24. The summed E-state index contributed by atoms with van der Waals surface area (Å²) in [5.74, 6) is -0.212. The summed E-state index contributed by atoms with van der Waals surface area (Å²) in [6, 6.07) is -0.903. The fourth-order valence-electron chi connectivity index (χ4n) is 7.02. The number of aliphatic hydroxyl groups is 1. The zero-order chi connectivity index (χ0) is 44.3. The lowest BCUT2D eigenvalue weighted by Gasteiger charge is -2.29. The zero-order valence-corrected chi connectivity index (χ0v) is 40.8. The highest BCUT2D eigenvalue weighted by atomic mass is 31.2. The Morgan fingerprint density at radius 3 is 1.45 bits per heavy atom. The molecule has 0 saturated carbocycles. The van der Waals surface area contributed by atoms with E-state index in [9.17, 15) is 19.4 Å². The van der Waals surface area contributed by atoms with Crippen molar-refractivity contribution in [2.75, 3.05) is 40.9 Å². The van der Waals surface area contributed by atoms with Gasteiger partial charge in [-0.15, -0.1) is 0 Å². The topological polar surface area (TPSA) is 108 Å². The van der Waals surface area contributed by atoms with Gasteiger partial charge in [0.2, 0.25) is 5.91 Å². The second kappa shape index (κ2) is 42.7. The number of hydrogen-bond donors (Lipinski definition) is 2. The van der Waals surface area contributed by atoms with Gasteiger partial charge in [0.05, 0.1) is 39.9 Å². The number of amides is 1. The van der Waals surface area contributed by atoms with Crippen LogP contribution >= 0.6 is 7.82 Å². The number of phosphoric ester groups is 1. The number of carbonyl (C=O) groups excluding carboxylic acids is 1. The van der Waals surface area contributed by atoms with Crippen LogP contribution in [-0.2, 0) is 18.4 Å². The molecule has 0 saturated heterocycles. The number of aliphatic hydroxyl groups excluding tert-OH is 1. The maximum Gasteiger partial charge on any atom is 0.268 e. The van der Waals surface area contributed by atoms with Crippen molar-refractivity contribution >= 4 is 13.7 Å². The van der Waals surface area contributed by atoms with E-state index in [0.29, 0.717) is 17.4 Å². The van der Waals surface area contributed by atoms with E-state index in [4.69, 9.17) is 9.05 Å². The molecule has 0 aromatic rings. The minimum atomic E-state index is -4.60. The molecular formula is C51H97N2O6P. The van der Waals surface area contributed by atoms with Crippen LogP contribution in [0.4, 0.5) is 0 Å². The van der Waals surface area contributed by atoms with Crippen molar-refractivity contribution in [3.05, 3.63) is 48.6 Å². The van der Waals surface area contributed by atoms with Gasteiger partial charge in [-0.2, -0.15) is 0 Å². The Balaban J connectivity index is 4.18. The fraction of sp³-hybridized carbons (Fsp3) is 0.824. The van der Waals surface area contributed by atoms with Crippen LogP contribution in [0, 0.1) is 0 Å². The molecule has 9 heteroatoms. The molecule has 0 heterocycles. The number of phosphoric acid groups is 1. The summed E-state index contributed by atoms with van der Waals surface area (Å²) in [4.78, 5) is 25.3. The molecule has 2 N–H and O–H groups in total. The van der Waals surface area contributed by atoms with Gasteiger partial charge < -0.3 is 28.8 Å². The molecule has 8 nitrogen and oxygen atoms in total. The summed E-state index contributed by atoms with van der Waals surface area (Å²) in [6.07, 6.45) is 54.7. The number of nitrogens with zero attached hydrogens (tertiary/aromatic N) is 1. The van der Waals surface area contributed by atoms with Gasteiger partial charge in [-0.3, -0.25) is 9.36 Å². The Hall–Kier alpha value is -1.54. The Bertz CT molecular complexity index is 1120. The van der Waals surface area contributed by atoms with E-state index in [1.165, 1.54) is 154 Å². The molecule has 0 aliphatic heterocycles. The molecule has 352 valence electrons. The van der Waals surface area contributed by atoms with Crippen molar-refractivity contribution < 1.29 is 32.9 Å². The number of allylic oxidation sites excluding steroid dienone is 7. The first kappa shape index (κ1) is 58.5. The van der Waals surface area contributed by atoms with E-state index in [1.807, 2.05) is 27.2 Å². The van der Waals surface area contributed by atoms with Crippen LogP contribution in [-0.4, -0.2) is 68.5 Å². The van der Waals surface area contributed by atoms with Crippen LogP contribution in [0.2, 0.25) is 0 Å². The van der Waals surface area contributed by atoms with E-state index in [1.54, 1.807) is 6.08 Å². The number of rotatable bonds is 45. The van der Waals surface area contributed by atoms with Crippen LogP contribution in [0.5, 0.6) is 0 Å². The van der Waals surface area contributed by atoms with Crippen LogP contribution in [0.25, 0.3) is 0 Å².